The first kappa shape index (κ1) is 11.2. The number of allylic oxidation sites excluding steroid dienone is 3. The Morgan fingerprint density at radius 1 is 1.45 bits per heavy atom. The summed E-state index contributed by atoms with van der Waals surface area (Å²) in [6, 6.07) is 0. The Hall–Kier alpha value is 0.210. The third-order valence-electron chi connectivity index (χ3n) is 1.69. The number of rotatable bonds is 4. The summed E-state index contributed by atoms with van der Waals surface area (Å²) in [5, 5.41) is 0. The normalized spacial score (nSPS) is 12.4. The van der Waals surface area contributed by atoms with Crippen LogP contribution in [0.25, 0.3) is 0 Å². The second-order valence-electron chi connectivity index (χ2n) is 3.21. The van der Waals surface area contributed by atoms with Crippen LogP contribution in [0.4, 0.5) is 0 Å². The first-order valence-electron chi connectivity index (χ1n) is 3.92. The molecule has 0 aliphatic carbocycles. The van der Waals surface area contributed by atoms with Crippen molar-refractivity contribution in [1.82, 2.24) is 0 Å². The van der Waals surface area contributed by atoms with Gasteiger partial charge < -0.3 is 0 Å². The van der Waals surface area contributed by atoms with Crippen LogP contribution in [0.5, 0.6) is 0 Å². The first-order valence-corrected chi connectivity index (χ1v) is 5.45. The van der Waals surface area contributed by atoms with Crippen molar-refractivity contribution in [3.05, 3.63) is 23.8 Å². The van der Waals surface area contributed by atoms with E-state index in [1.807, 2.05) is 0 Å². The van der Waals surface area contributed by atoms with Gasteiger partial charge in [0.2, 0.25) is 0 Å². The highest BCUT2D eigenvalue weighted by Gasteiger charge is 2.04. The Morgan fingerprint density at radius 3 is 2.27 bits per heavy atom. The van der Waals surface area contributed by atoms with Crippen LogP contribution in [0.1, 0.15) is 27.2 Å². The molecule has 0 aromatic carbocycles. The van der Waals surface area contributed by atoms with E-state index in [1.54, 1.807) is 0 Å². The molecule has 0 N–H and O–H groups in total. The molecule has 0 aliphatic rings. The fourth-order valence-electron chi connectivity index (χ4n) is 0.774. The van der Waals surface area contributed by atoms with Gasteiger partial charge in [0.15, 0.2) is 0 Å². The molecule has 0 bridgehead atoms. The maximum Gasteiger partial charge on any atom is 0.00637 e. The minimum atomic E-state index is 0.672. The zero-order valence-electron chi connectivity index (χ0n) is 7.65. The molecule has 1 unspecified atom stereocenters. The second-order valence-corrected chi connectivity index (χ2v) is 4.10. The van der Waals surface area contributed by atoms with Gasteiger partial charge in [-0.3, -0.25) is 0 Å². The highest BCUT2D eigenvalue weighted by molar-refractivity contribution is 14.1. The lowest BCUT2D eigenvalue weighted by Crippen LogP contribution is -2.00. The molecule has 0 heterocycles. The van der Waals surface area contributed by atoms with Crippen LogP contribution in [0.2, 0.25) is 0 Å². The van der Waals surface area contributed by atoms with Crippen LogP contribution in [0.15, 0.2) is 23.8 Å². The van der Waals surface area contributed by atoms with Crippen LogP contribution in [0, 0.1) is 5.92 Å². The Labute approximate surface area is 83.9 Å². The maximum absolute atomic E-state index is 3.97. The van der Waals surface area contributed by atoms with Crippen molar-refractivity contribution in [3.63, 3.8) is 0 Å². The summed E-state index contributed by atoms with van der Waals surface area (Å²) in [6.07, 6.45) is 3.44. The molecule has 1 atom stereocenters. The van der Waals surface area contributed by atoms with Crippen molar-refractivity contribution in [1.29, 1.82) is 0 Å². The van der Waals surface area contributed by atoms with Crippen molar-refractivity contribution in [3.8, 4) is 0 Å². The summed E-state index contributed by atoms with van der Waals surface area (Å²) in [6.45, 7) is 10.4. The predicted molar refractivity (Wildman–Crippen MR) is 61.2 cm³/mol. The van der Waals surface area contributed by atoms with Crippen molar-refractivity contribution < 1.29 is 0 Å². The summed E-state index contributed by atoms with van der Waals surface area (Å²) >= 11 is 2.42. The fourth-order valence-corrected chi connectivity index (χ4v) is 1.89. The topological polar surface area (TPSA) is 0 Å². The minimum Gasteiger partial charge on any atom is -0.0998 e. The Bertz CT molecular complexity index is 152. The van der Waals surface area contributed by atoms with E-state index < -0.39 is 0 Å². The van der Waals surface area contributed by atoms with Gasteiger partial charge in [0.1, 0.15) is 0 Å². The number of hydrogen-bond donors (Lipinski definition) is 0. The van der Waals surface area contributed by atoms with Crippen molar-refractivity contribution >= 4 is 22.6 Å². The summed E-state index contributed by atoms with van der Waals surface area (Å²) in [7, 11) is 0. The second kappa shape index (κ2) is 5.81. The molecular formula is C10H17I. The monoisotopic (exact) mass is 264 g/mol. The molecule has 0 radical (unpaired) electrons. The average molecular weight is 264 g/mol. The van der Waals surface area contributed by atoms with Gasteiger partial charge in [0.05, 0.1) is 0 Å². The molecule has 0 nitrogen and oxygen atoms in total. The Morgan fingerprint density at radius 2 is 2.00 bits per heavy atom. The lowest BCUT2D eigenvalue weighted by molar-refractivity contribution is 0.717. The van der Waals surface area contributed by atoms with E-state index in [-0.39, 0.29) is 0 Å². The van der Waals surface area contributed by atoms with Crippen molar-refractivity contribution in [2.75, 3.05) is 4.43 Å². The zero-order chi connectivity index (χ0) is 8.85. The van der Waals surface area contributed by atoms with Gasteiger partial charge in [-0.05, 0) is 33.1 Å². The molecular weight excluding hydrogens is 247 g/mol. The molecule has 0 saturated heterocycles. The summed E-state index contributed by atoms with van der Waals surface area (Å²) in [4.78, 5) is 0. The van der Waals surface area contributed by atoms with Crippen molar-refractivity contribution in [2.24, 2.45) is 5.92 Å². The van der Waals surface area contributed by atoms with E-state index in [9.17, 15) is 0 Å². The van der Waals surface area contributed by atoms with E-state index in [1.165, 1.54) is 15.6 Å². The molecule has 0 aromatic rings. The summed E-state index contributed by atoms with van der Waals surface area (Å²) < 4.78 is 1.18. The molecule has 64 valence electrons. The van der Waals surface area contributed by atoms with Gasteiger partial charge >= 0.3 is 0 Å². The van der Waals surface area contributed by atoms with Gasteiger partial charge in [-0.15, -0.1) is 0 Å². The standard InChI is InChI=1S/C10H17I/c1-8(2)5-6-10(7-11)9(3)4/h5,10H,3,6-7H2,1-2,4H3. The summed E-state index contributed by atoms with van der Waals surface area (Å²) in [5.74, 6) is 0.672. The smallest absolute Gasteiger partial charge is 0.00637 e. The van der Waals surface area contributed by atoms with Crippen molar-refractivity contribution in [2.45, 2.75) is 27.2 Å². The highest BCUT2D eigenvalue weighted by Crippen LogP contribution is 2.17. The quantitative estimate of drug-likeness (QED) is 0.409. The molecule has 0 fully saturated rings. The molecule has 0 amide bonds. The predicted octanol–water partition coefficient (Wildman–Crippen LogP) is 3.97. The third kappa shape index (κ3) is 5.48. The van der Waals surface area contributed by atoms with Crippen LogP contribution < -0.4 is 0 Å². The van der Waals surface area contributed by atoms with E-state index in [0.717, 1.165) is 6.42 Å². The lowest BCUT2D eigenvalue weighted by atomic mass is 10.00. The first-order chi connectivity index (χ1) is 5.07. The average Bonchev–Trinajstić information content (AvgIpc) is 1.87. The van der Waals surface area contributed by atoms with E-state index in [0.29, 0.717) is 5.92 Å². The molecule has 0 spiro atoms. The van der Waals surface area contributed by atoms with Gasteiger partial charge in [0, 0.05) is 4.43 Å². The fraction of sp³-hybridized carbons (Fsp3) is 0.600. The minimum absolute atomic E-state index is 0.672. The van der Waals surface area contributed by atoms with E-state index >= 15 is 0 Å². The molecule has 0 aromatic heterocycles. The molecule has 11 heavy (non-hydrogen) atoms. The van der Waals surface area contributed by atoms with Crippen LogP contribution in [-0.2, 0) is 0 Å². The van der Waals surface area contributed by atoms with Crippen LogP contribution >= 0.6 is 22.6 Å². The van der Waals surface area contributed by atoms with Crippen LogP contribution in [0.3, 0.4) is 0 Å². The molecule has 1 heteroatoms. The number of hydrogen-bond acceptors (Lipinski definition) is 0. The largest absolute Gasteiger partial charge is 0.0998 e. The van der Waals surface area contributed by atoms with Gasteiger partial charge in [-0.25, -0.2) is 0 Å². The zero-order valence-corrected chi connectivity index (χ0v) is 9.81. The highest BCUT2D eigenvalue weighted by atomic mass is 127. The Kier molecular flexibility index (Phi) is 5.92. The summed E-state index contributed by atoms with van der Waals surface area (Å²) in [5.41, 5.74) is 2.71. The van der Waals surface area contributed by atoms with Crippen LogP contribution in [-0.4, -0.2) is 4.43 Å². The lowest BCUT2D eigenvalue weighted by Gasteiger charge is -2.10. The third-order valence-corrected chi connectivity index (χ3v) is 2.76. The SMILES string of the molecule is C=C(C)C(CI)CC=C(C)C. The van der Waals surface area contributed by atoms with Gasteiger partial charge in [-0.1, -0.05) is 46.4 Å². The van der Waals surface area contributed by atoms with E-state index in [2.05, 4.69) is 56.0 Å². The van der Waals surface area contributed by atoms with Gasteiger partial charge in [0.25, 0.3) is 0 Å². The number of halogens is 1. The number of alkyl halides is 1. The molecule has 0 saturated carbocycles. The van der Waals surface area contributed by atoms with E-state index in [4.69, 9.17) is 0 Å². The molecule has 0 aliphatic heterocycles. The van der Waals surface area contributed by atoms with Gasteiger partial charge in [-0.2, -0.15) is 0 Å². The maximum atomic E-state index is 3.97. The molecule has 0 rings (SSSR count). The Balaban J connectivity index is 3.89.